The number of aryl methyl sites for hydroxylation is 1. The normalized spacial score (nSPS) is 13.4. The molecule has 0 saturated heterocycles. The van der Waals surface area contributed by atoms with E-state index in [1.54, 1.807) is 25.1 Å². The van der Waals surface area contributed by atoms with E-state index >= 15 is 0 Å². The van der Waals surface area contributed by atoms with Crippen LogP contribution in [0.15, 0.2) is 42.5 Å². The molecule has 24 heavy (non-hydrogen) atoms. The number of nitrogens with one attached hydrogen (secondary N) is 1. The Labute approximate surface area is 141 Å². The Kier molecular flexibility index (Phi) is 4.89. The van der Waals surface area contributed by atoms with Gasteiger partial charge in [-0.2, -0.15) is 0 Å². The fourth-order valence-corrected chi connectivity index (χ4v) is 2.50. The van der Waals surface area contributed by atoms with Crippen molar-refractivity contribution in [2.75, 3.05) is 12.1 Å². The van der Waals surface area contributed by atoms with E-state index < -0.39 is 6.10 Å². The van der Waals surface area contributed by atoms with E-state index in [9.17, 15) is 4.79 Å². The lowest BCUT2D eigenvalue weighted by atomic mass is 10.1. The van der Waals surface area contributed by atoms with Crippen molar-refractivity contribution in [2.24, 2.45) is 0 Å². The third kappa shape index (κ3) is 3.79. The van der Waals surface area contributed by atoms with Crippen LogP contribution in [0.3, 0.4) is 0 Å². The van der Waals surface area contributed by atoms with Crippen molar-refractivity contribution in [3.8, 4) is 17.2 Å². The maximum Gasteiger partial charge on any atom is 0.265 e. The van der Waals surface area contributed by atoms with E-state index in [0.717, 1.165) is 12.8 Å². The van der Waals surface area contributed by atoms with Gasteiger partial charge in [0, 0.05) is 11.8 Å². The van der Waals surface area contributed by atoms with Crippen molar-refractivity contribution in [2.45, 2.75) is 32.8 Å². The molecular formula is C19H21NO4. The number of hydrogen-bond acceptors (Lipinski definition) is 4. The fourth-order valence-electron chi connectivity index (χ4n) is 2.50. The quantitative estimate of drug-likeness (QED) is 0.877. The summed E-state index contributed by atoms with van der Waals surface area (Å²) in [6.07, 6.45) is 1.54. The van der Waals surface area contributed by atoms with Crippen LogP contribution in [0, 0.1) is 0 Å². The van der Waals surface area contributed by atoms with Crippen LogP contribution in [0.25, 0.3) is 0 Å². The lowest BCUT2D eigenvalue weighted by molar-refractivity contribution is -0.122. The van der Waals surface area contributed by atoms with Gasteiger partial charge in [0.1, 0.15) is 5.75 Å². The van der Waals surface area contributed by atoms with Gasteiger partial charge in [-0.1, -0.05) is 25.5 Å². The van der Waals surface area contributed by atoms with Crippen LogP contribution in [-0.2, 0) is 11.2 Å². The van der Waals surface area contributed by atoms with Gasteiger partial charge in [-0.25, -0.2) is 0 Å². The summed E-state index contributed by atoms with van der Waals surface area (Å²) >= 11 is 0. The van der Waals surface area contributed by atoms with Crippen molar-refractivity contribution >= 4 is 11.6 Å². The van der Waals surface area contributed by atoms with Gasteiger partial charge in [0.05, 0.1) is 0 Å². The van der Waals surface area contributed by atoms with Gasteiger partial charge in [0.2, 0.25) is 6.79 Å². The summed E-state index contributed by atoms with van der Waals surface area (Å²) in [5.74, 6) is 1.78. The molecule has 1 unspecified atom stereocenters. The average molecular weight is 327 g/mol. The first-order valence-electron chi connectivity index (χ1n) is 8.12. The van der Waals surface area contributed by atoms with E-state index in [1.165, 1.54) is 5.56 Å². The smallest absolute Gasteiger partial charge is 0.265 e. The van der Waals surface area contributed by atoms with Gasteiger partial charge in [-0.3, -0.25) is 4.79 Å². The number of carbonyl (C=O) groups is 1. The van der Waals surface area contributed by atoms with Crippen LogP contribution in [0.5, 0.6) is 17.2 Å². The summed E-state index contributed by atoms with van der Waals surface area (Å²) in [5.41, 5.74) is 1.92. The van der Waals surface area contributed by atoms with Crippen molar-refractivity contribution in [1.82, 2.24) is 0 Å². The molecule has 5 nitrogen and oxygen atoms in total. The Hall–Kier alpha value is -2.69. The van der Waals surface area contributed by atoms with Crippen LogP contribution >= 0.6 is 0 Å². The molecule has 1 atom stereocenters. The van der Waals surface area contributed by atoms with Crippen molar-refractivity contribution < 1.29 is 19.0 Å². The van der Waals surface area contributed by atoms with Gasteiger partial charge in [0.15, 0.2) is 17.6 Å². The first-order valence-corrected chi connectivity index (χ1v) is 8.12. The summed E-state index contributed by atoms with van der Waals surface area (Å²) in [6, 6.07) is 13.1. The maximum absolute atomic E-state index is 12.3. The molecule has 126 valence electrons. The number of rotatable bonds is 6. The fraction of sp³-hybridized carbons (Fsp3) is 0.316. The molecular weight excluding hydrogens is 306 g/mol. The standard InChI is InChI=1S/C19H21NO4/c1-3-4-14-5-8-16(9-6-14)24-13(2)19(21)20-15-7-10-17-18(11-15)23-12-22-17/h5-11,13H,3-4,12H2,1-2H3,(H,20,21). The van der Waals surface area contributed by atoms with E-state index in [-0.39, 0.29) is 12.7 Å². The van der Waals surface area contributed by atoms with Crippen LogP contribution in [0.4, 0.5) is 5.69 Å². The zero-order valence-electron chi connectivity index (χ0n) is 13.9. The highest BCUT2D eigenvalue weighted by atomic mass is 16.7. The van der Waals surface area contributed by atoms with Crippen LogP contribution < -0.4 is 19.5 Å². The predicted molar refractivity (Wildman–Crippen MR) is 91.7 cm³/mol. The summed E-state index contributed by atoms with van der Waals surface area (Å²) in [4.78, 5) is 12.3. The monoisotopic (exact) mass is 327 g/mol. The summed E-state index contributed by atoms with van der Waals surface area (Å²) < 4.78 is 16.3. The SMILES string of the molecule is CCCc1ccc(OC(C)C(=O)Nc2ccc3c(c2)OCO3)cc1. The number of benzene rings is 2. The highest BCUT2D eigenvalue weighted by molar-refractivity contribution is 5.94. The Morgan fingerprint density at radius 2 is 1.92 bits per heavy atom. The molecule has 0 saturated carbocycles. The molecule has 0 fully saturated rings. The molecule has 0 spiro atoms. The molecule has 1 N–H and O–H groups in total. The number of amides is 1. The second-order valence-electron chi connectivity index (χ2n) is 5.71. The summed E-state index contributed by atoms with van der Waals surface area (Å²) in [5, 5.41) is 2.82. The van der Waals surface area contributed by atoms with Gasteiger partial charge in [-0.15, -0.1) is 0 Å². The molecule has 1 heterocycles. The minimum Gasteiger partial charge on any atom is -0.481 e. The molecule has 5 heteroatoms. The number of anilines is 1. The van der Waals surface area contributed by atoms with Crippen molar-refractivity contribution in [3.05, 3.63) is 48.0 Å². The first kappa shape index (κ1) is 16.2. The largest absolute Gasteiger partial charge is 0.481 e. The highest BCUT2D eigenvalue weighted by Crippen LogP contribution is 2.34. The van der Waals surface area contributed by atoms with E-state index in [0.29, 0.717) is 22.9 Å². The molecule has 1 aliphatic rings. The zero-order valence-corrected chi connectivity index (χ0v) is 13.9. The molecule has 0 bridgehead atoms. The zero-order chi connectivity index (χ0) is 16.9. The van der Waals surface area contributed by atoms with Gasteiger partial charge >= 0.3 is 0 Å². The Balaban J connectivity index is 1.58. The number of carbonyl (C=O) groups excluding carboxylic acids is 1. The third-order valence-electron chi connectivity index (χ3n) is 3.78. The van der Waals surface area contributed by atoms with Gasteiger partial charge < -0.3 is 19.5 Å². The number of ether oxygens (including phenoxy) is 3. The predicted octanol–water partition coefficient (Wildman–Crippen LogP) is 3.77. The number of fused-ring (bicyclic) bond motifs is 1. The molecule has 3 rings (SSSR count). The second kappa shape index (κ2) is 7.25. The maximum atomic E-state index is 12.3. The molecule has 2 aromatic carbocycles. The topological polar surface area (TPSA) is 56.8 Å². The lowest BCUT2D eigenvalue weighted by Crippen LogP contribution is -2.30. The number of hydrogen-bond donors (Lipinski definition) is 1. The minimum absolute atomic E-state index is 0.209. The molecule has 1 aliphatic heterocycles. The van der Waals surface area contributed by atoms with Crippen LogP contribution in [0.2, 0.25) is 0 Å². The summed E-state index contributed by atoms with van der Waals surface area (Å²) in [7, 11) is 0. The Morgan fingerprint density at radius 3 is 2.67 bits per heavy atom. The third-order valence-corrected chi connectivity index (χ3v) is 3.78. The van der Waals surface area contributed by atoms with E-state index in [4.69, 9.17) is 14.2 Å². The highest BCUT2D eigenvalue weighted by Gasteiger charge is 2.18. The summed E-state index contributed by atoms with van der Waals surface area (Å²) in [6.45, 7) is 4.08. The molecule has 1 amide bonds. The van der Waals surface area contributed by atoms with Crippen molar-refractivity contribution in [3.63, 3.8) is 0 Å². The van der Waals surface area contributed by atoms with E-state index in [1.807, 2.05) is 24.3 Å². The second-order valence-corrected chi connectivity index (χ2v) is 5.71. The Morgan fingerprint density at radius 1 is 1.17 bits per heavy atom. The minimum atomic E-state index is -0.604. The average Bonchev–Trinajstić information content (AvgIpc) is 3.04. The molecule has 2 aromatic rings. The Bertz CT molecular complexity index is 712. The van der Waals surface area contributed by atoms with Gasteiger partial charge in [-0.05, 0) is 43.2 Å². The van der Waals surface area contributed by atoms with E-state index in [2.05, 4.69) is 12.2 Å². The van der Waals surface area contributed by atoms with Crippen LogP contribution in [-0.4, -0.2) is 18.8 Å². The molecule has 0 aromatic heterocycles. The molecule has 0 radical (unpaired) electrons. The van der Waals surface area contributed by atoms with Gasteiger partial charge in [0.25, 0.3) is 5.91 Å². The molecule has 0 aliphatic carbocycles. The van der Waals surface area contributed by atoms with Crippen LogP contribution in [0.1, 0.15) is 25.8 Å². The first-order chi connectivity index (χ1) is 11.7. The lowest BCUT2D eigenvalue weighted by Gasteiger charge is -2.15. The van der Waals surface area contributed by atoms with Crippen molar-refractivity contribution in [1.29, 1.82) is 0 Å².